The molecule has 0 aromatic heterocycles. The molecule has 0 aliphatic carbocycles. The van der Waals surface area contributed by atoms with E-state index in [1.165, 1.54) is 0 Å². The standard InChI is InChI=1S/C21H24N2O4/c1-22(12-16-6-4-3-5-7-16)21(25)19-14-27-15-20(24)23(19)13-17-8-10-18(26-2)11-9-17/h3-11,19H,12-15H2,1-2H3/t19-/m0/s1. The van der Waals surface area contributed by atoms with Crippen molar-refractivity contribution in [2.75, 3.05) is 27.4 Å². The Hall–Kier alpha value is -2.86. The number of hydrogen-bond acceptors (Lipinski definition) is 4. The molecule has 0 saturated carbocycles. The molecular formula is C21H24N2O4. The van der Waals surface area contributed by atoms with Gasteiger partial charge in [-0.25, -0.2) is 0 Å². The van der Waals surface area contributed by atoms with E-state index in [-0.39, 0.29) is 25.0 Å². The second-order valence-corrected chi connectivity index (χ2v) is 6.58. The highest BCUT2D eigenvalue weighted by atomic mass is 16.5. The van der Waals surface area contributed by atoms with Crippen molar-refractivity contribution in [3.8, 4) is 5.75 Å². The van der Waals surface area contributed by atoms with Gasteiger partial charge in [0.25, 0.3) is 0 Å². The smallest absolute Gasteiger partial charge is 0.249 e. The van der Waals surface area contributed by atoms with Gasteiger partial charge in [0.05, 0.1) is 13.7 Å². The molecule has 0 N–H and O–H groups in total. The summed E-state index contributed by atoms with van der Waals surface area (Å²) in [7, 11) is 3.36. The van der Waals surface area contributed by atoms with Gasteiger partial charge in [0.15, 0.2) is 0 Å². The SMILES string of the molecule is COc1ccc(CN2C(=O)COC[C@H]2C(=O)N(C)Cc2ccccc2)cc1. The van der Waals surface area contributed by atoms with Crippen molar-refractivity contribution in [1.82, 2.24) is 9.80 Å². The monoisotopic (exact) mass is 368 g/mol. The third-order valence-electron chi connectivity index (χ3n) is 4.63. The maximum atomic E-state index is 13.0. The van der Waals surface area contributed by atoms with Crippen LogP contribution < -0.4 is 4.74 Å². The van der Waals surface area contributed by atoms with Gasteiger partial charge in [-0.1, -0.05) is 42.5 Å². The topological polar surface area (TPSA) is 59.1 Å². The van der Waals surface area contributed by atoms with E-state index in [9.17, 15) is 9.59 Å². The first kappa shape index (κ1) is 18.9. The van der Waals surface area contributed by atoms with Crippen molar-refractivity contribution in [3.05, 3.63) is 65.7 Å². The predicted octanol–water partition coefficient (Wildman–Crippen LogP) is 2.08. The van der Waals surface area contributed by atoms with Crippen LogP contribution >= 0.6 is 0 Å². The second kappa shape index (κ2) is 8.68. The van der Waals surface area contributed by atoms with E-state index in [0.717, 1.165) is 16.9 Å². The third-order valence-corrected chi connectivity index (χ3v) is 4.63. The number of carbonyl (C=O) groups excluding carboxylic acids is 2. The molecule has 0 radical (unpaired) electrons. The molecule has 2 aromatic carbocycles. The maximum Gasteiger partial charge on any atom is 0.249 e. The van der Waals surface area contributed by atoms with Crippen molar-refractivity contribution < 1.29 is 19.1 Å². The average Bonchev–Trinajstić information content (AvgIpc) is 2.70. The fourth-order valence-electron chi connectivity index (χ4n) is 3.12. The van der Waals surface area contributed by atoms with Gasteiger partial charge >= 0.3 is 0 Å². The van der Waals surface area contributed by atoms with Gasteiger partial charge in [0, 0.05) is 20.1 Å². The first-order valence-electron chi connectivity index (χ1n) is 8.87. The molecule has 142 valence electrons. The van der Waals surface area contributed by atoms with Crippen molar-refractivity contribution in [2.45, 2.75) is 19.1 Å². The Balaban J connectivity index is 1.72. The van der Waals surface area contributed by atoms with Crippen LogP contribution in [0.5, 0.6) is 5.75 Å². The zero-order chi connectivity index (χ0) is 19.2. The molecule has 1 aliphatic heterocycles. The van der Waals surface area contributed by atoms with Crippen LogP contribution in [0.15, 0.2) is 54.6 Å². The third kappa shape index (κ3) is 4.65. The van der Waals surface area contributed by atoms with Gasteiger partial charge in [-0.2, -0.15) is 0 Å². The molecule has 2 aromatic rings. The summed E-state index contributed by atoms with van der Waals surface area (Å²) in [5, 5.41) is 0. The summed E-state index contributed by atoms with van der Waals surface area (Å²) >= 11 is 0. The number of benzene rings is 2. The molecular weight excluding hydrogens is 344 g/mol. The van der Waals surface area contributed by atoms with Crippen LogP contribution in [0.3, 0.4) is 0 Å². The Morgan fingerprint density at radius 2 is 1.85 bits per heavy atom. The van der Waals surface area contributed by atoms with E-state index in [0.29, 0.717) is 13.1 Å². The van der Waals surface area contributed by atoms with E-state index in [1.807, 2.05) is 54.6 Å². The molecule has 1 saturated heterocycles. The molecule has 27 heavy (non-hydrogen) atoms. The average molecular weight is 368 g/mol. The minimum absolute atomic E-state index is 0.00232. The fraction of sp³-hybridized carbons (Fsp3) is 0.333. The van der Waals surface area contributed by atoms with E-state index >= 15 is 0 Å². The van der Waals surface area contributed by atoms with Gasteiger partial charge in [0.2, 0.25) is 11.8 Å². The Kier molecular flexibility index (Phi) is 6.08. The number of likely N-dealkylation sites (N-methyl/N-ethyl adjacent to an activating group) is 1. The van der Waals surface area contributed by atoms with E-state index in [4.69, 9.17) is 9.47 Å². The largest absolute Gasteiger partial charge is 0.497 e. The highest BCUT2D eigenvalue weighted by molar-refractivity contribution is 5.89. The normalized spacial score (nSPS) is 16.9. The molecule has 0 spiro atoms. The molecule has 0 bridgehead atoms. The molecule has 1 fully saturated rings. The summed E-state index contributed by atoms with van der Waals surface area (Å²) in [5.74, 6) is 0.450. The first-order chi connectivity index (χ1) is 13.1. The number of carbonyl (C=O) groups is 2. The Bertz CT molecular complexity index is 777. The van der Waals surface area contributed by atoms with Gasteiger partial charge in [0.1, 0.15) is 18.4 Å². The molecule has 3 rings (SSSR count). The highest BCUT2D eigenvalue weighted by Crippen LogP contribution is 2.18. The summed E-state index contributed by atoms with van der Waals surface area (Å²) in [6.07, 6.45) is 0. The Morgan fingerprint density at radius 3 is 2.52 bits per heavy atom. The van der Waals surface area contributed by atoms with Crippen LogP contribution in [0.25, 0.3) is 0 Å². The van der Waals surface area contributed by atoms with Crippen LogP contribution in [-0.4, -0.2) is 55.0 Å². The molecule has 6 nitrogen and oxygen atoms in total. The number of amides is 2. The molecule has 2 amide bonds. The quantitative estimate of drug-likeness (QED) is 0.783. The Morgan fingerprint density at radius 1 is 1.15 bits per heavy atom. The number of ether oxygens (including phenoxy) is 2. The maximum absolute atomic E-state index is 13.0. The summed E-state index contributed by atoms with van der Waals surface area (Å²) in [4.78, 5) is 28.7. The van der Waals surface area contributed by atoms with Crippen LogP contribution in [0.2, 0.25) is 0 Å². The zero-order valence-corrected chi connectivity index (χ0v) is 15.6. The van der Waals surface area contributed by atoms with Crippen molar-refractivity contribution in [2.24, 2.45) is 0 Å². The lowest BCUT2D eigenvalue weighted by atomic mass is 10.1. The Labute approximate surface area is 159 Å². The lowest BCUT2D eigenvalue weighted by molar-refractivity contribution is -0.159. The lowest BCUT2D eigenvalue weighted by Crippen LogP contribution is -2.56. The van der Waals surface area contributed by atoms with E-state index < -0.39 is 6.04 Å². The van der Waals surface area contributed by atoms with Gasteiger partial charge in [-0.3, -0.25) is 9.59 Å². The second-order valence-electron chi connectivity index (χ2n) is 6.58. The van der Waals surface area contributed by atoms with E-state index in [1.54, 1.807) is 24.0 Å². The minimum atomic E-state index is -0.623. The van der Waals surface area contributed by atoms with Crippen molar-refractivity contribution >= 4 is 11.8 Å². The number of hydrogen-bond donors (Lipinski definition) is 0. The highest BCUT2D eigenvalue weighted by Gasteiger charge is 2.35. The zero-order valence-electron chi connectivity index (χ0n) is 15.6. The molecule has 1 aliphatic rings. The van der Waals surface area contributed by atoms with Crippen LogP contribution in [0.1, 0.15) is 11.1 Å². The first-order valence-corrected chi connectivity index (χ1v) is 8.87. The van der Waals surface area contributed by atoms with E-state index in [2.05, 4.69) is 0 Å². The predicted molar refractivity (Wildman–Crippen MR) is 101 cm³/mol. The number of morpholine rings is 1. The van der Waals surface area contributed by atoms with Crippen molar-refractivity contribution in [1.29, 1.82) is 0 Å². The van der Waals surface area contributed by atoms with Crippen LogP contribution in [0.4, 0.5) is 0 Å². The summed E-state index contributed by atoms with van der Waals surface area (Å²) in [6.45, 7) is 1.06. The van der Waals surface area contributed by atoms with Gasteiger partial charge in [-0.05, 0) is 23.3 Å². The summed E-state index contributed by atoms with van der Waals surface area (Å²) < 4.78 is 10.5. The molecule has 1 heterocycles. The lowest BCUT2D eigenvalue weighted by Gasteiger charge is -2.36. The number of nitrogens with zero attached hydrogens (tertiary/aromatic N) is 2. The fourth-order valence-corrected chi connectivity index (χ4v) is 3.12. The minimum Gasteiger partial charge on any atom is -0.497 e. The molecule has 0 unspecified atom stereocenters. The van der Waals surface area contributed by atoms with Crippen LogP contribution in [0, 0.1) is 0 Å². The number of rotatable bonds is 6. The summed E-state index contributed by atoms with van der Waals surface area (Å²) in [6, 6.07) is 16.6. The van der Waals surface area contributed by atoms with Crippen molar-refractivity contribution in [3.63, 3.8) is 0 Å². The number of methoxy groups -OCH3 is 1. The van der Waals surface area contributed by atoms with Crippen LogP contribution in [-0.2, 0) is 27.4 Å². The van der Waals surface area contributed by atoms with Gasteiger partial charge in [-0.15, -0.1) is 0 Å². The van der Waals surface area contributed by atoms with Gasteiger partial charge < -0.3 is 19.3 Å². The summed E-state index contributed by atoms with van der Waals surface area (Å²) in [5.41, 5.74) is 1.98. The molecule has 1 atom stereocenters. The molecule has 6 heteroatoms.